The maximum atomic E-state index is 2.31. The van der Waals surface area contributed by atoms with Crippen molar-refractivity contribution in [2.75, 3.05) is 6.16 Å². The van der Waals surface area contributed by atoms with E-state index in [1.165, 1.54) is 28.2 Å². The van der Waals surface area contributed by atoms with E-state index in [2.05, 4.69) is 70.2 Å². The largest absolute Gasteiger partial charge is 0.0620 e. The standard InChI is InChI=1S/C17H21P/c1-5-18(16-11-7-6-9-14(16)3)17-12-8-10-13(2)15(17)4/h6-12H,5H2,1-4H3. The van der Waals surface area contributed by atoms with Crippen molar-refractivity contribution in [3.05, 3.63) is 59.2 Å². The van der Waals surface area contributed by atoms with Gasteiger partial charge in [0.1, 0.15) is 0 Å². The Labute approximate surface area is 112 Å². The van der Waals surface area contributed by atoms with Crippen molar-refractivity contribution in [3.63, 3.8) is 0 Å². The first kappa shape index (κ1) is 13.3. The average Bonchev–Trinajstić information content (AvgIpc) is 2.37. The topological polar surface area (TPSA) is 0 Å². The van der Waals surface area contributed by atoms with Gasteiger partial charge in [-0.05, 0) is 62.2 Å². The molecule has 0 saturated carbocycles. The summed E-state index contributed by atoms with van der Waals surface area (Å²) in [5.74, 6) is 0. The molecular weight excluding hydrogens is 235 g/mol. The number of hydrogen-bond donors (Lipinski definition) is 0. The van der Waals surface area contributed by atoms with Crippen molar-refractivity contribution in [1.82, 2.24) is 0 Å². The van der Waals surface area contributed by atoms with Crippen LogP contribution in [0.15, 0.2) is 42.5 Å². The van der Waals surface area contributed by atoms with Crippen LogP contribution >= 0.6 is 7.92 Å². The summed E-state index contributed by atoms with van der Waals surface area (Å²) in [7, 11) is -0.207. The van der Waals surface area contributed by atoms with Gasteiger partial charge in [-0.3, -0.25) is 0 Å². The van der Waals surface area contributed by atoms with E-state index < -0.39 is 0 Å². The van der Waals surface area contributed by atoms with Gasteiger partial charge in [-0.2, -0.15) is 0 Å². The summed E-state index contributed by atoms with van der Waals surface area (Å²) in [4.78, 5) is 0. The SMILES string of the molecule is CCP(c1ccccc1C)c1cccc(C)c1C. The highest BCUT2D eigenvalue weighted by atomic mass is 31.1. The number of aryl methyl sites for hydroxylation is 2. The van der Waals surface area contributed by atoms with Crippen LogP contribution < -0.4 is 10.6 Å². The zero-order chi connectivity index (χ0) is 13.1. The van der Waals surface area contributed by atoms with E-state index in [4.69, 9.17) is 0 Å². The summed E-state index contributed by atoms with van der Waals surface area (Å²) in [6.45, 7) is 9.00. The van der Waals surface area contributed by atoms with E-state index in [0.717, 1.165) is 0 Å². The minimum Gasteiger partial charge on any atom is -0.0620 e. The van der Waals surface area contributed by atoms with Crippen LogP contribution in [-0.4, -0.2) is 6.16 Å². The van der Waals surface area contributed by atoms with Crippen molar-refractivity contribution in [3.8, 4) is 0 Å². The van der Waals surface area contributed by atoms with Gasteiger partial charge >= 0.3 is 0 Å². The van der Waals surface area contributed by atoms with Crippen molar-refractivity contribution in [2.45, 2.75) is 27.7 Å². The lowest BCUT2D eigenvalue weighted by Crippen LogP contribution is -2.18. The Morgan fingerprint density at radius 2 is 1.39 bits per heavy atom. The molecule has 0 bridgehead atoms. The molecule has 0 fully saturated rings. The van der Waals surface area contributed by atoms with E-state index in [0.29, 0.717) is 0 Å². The Balaban J connectivity index is 2.53. The molecule has 0 spiro atoms. The summed E-state index contributed by atoms with van der Waals surface area (Å²) in [6, 6.07) is 15.5. The van der Waals surface area contributed by atoms with Gasteiger partial charge < -0.3 is 0 Å². The van der Waals surface area contributed by atoms with Crippen LogP contribution in [0.25, 0.3) is 0 Å². The van der Waals surface area contributed by atoms with Crippen LogP contribution in [-0.2, 0) is 0 Å². The second-order valence-corrected chi connectivity index (χ2v) is 7.20. The molecule has 2 aromatic carbocycles. The van der Waals surface area contributed by atoms with Crippen molar-refractivity contribution in [2.24, 2.45) is 0 Å². The fourth-order valence-corrected chi connectivity index (χ4v) is 4.92. The lowest BCUT2D eigenvalue weighted by atomic mass is 10.1. The summed E-state index contributed by atoms with van der Waals surface area (Å²) < 4.78 is 0. The molecule has 2 aromatic rings. The first-order valence-electron chi connectivity index (χ1n) is 6.54. The van der Waals surface area contributed by atoms with Crippen LogP contribution in [0.1, 0.15) is 23.6 Å². The molecule has 0 aliphatic carbocycles. The van der Waals surface area contributed by atoms with Gasteiger partial charge in [0.2, 0.25) is 0 Å². The first-order valence-corrected chi connectivity index (χ1v) is 8.07. The van der Waals surface area contributed by atoms with Crippen LogP contribution in [0.4, 0.5) is 0 Å². The zero-order valence-electron chi connectivity index (χ0n) is 11.7. The highest BCUT2D eigenvalue weighted by molar-refractivity contribution is 7.73. The van der Waals surface area contributed by atoms with Gasteiger partial charge in [0.05, 0.1) is 0 Å². The second-order valence-electron chi connectivity index (χ2n) is 4.75. The summed E-state index contributed by atoms with van der Waals surface area (Å²) >= 11 is 0. The first-order chi connectivity index (χ1) is 8.65. The molecule has 0 heterocycles. The van der Waals surface area contributed by atoms with E-state index >= 15 is 0 Å². The maximum absolute atomic E-state index is 2.31. The van der Waals surface area contributed by atoms with E-state index in [1.54, 1.807) is 5.30 Å². The van der Waals surface area contributed by atoms with Crippen LogP contribution in [0.5, 0.6) is 0 Å². The molecule has 0 aromatic heterocycles. The van der Waals surface area contributed by atoms with Gasteiger partial charge in [-0.25, -0.2) is 0 Å². The van der Waals surface area contributed by atoms with E-state index in [-0.39, 0.29) is 7.92 Å². The molecule has 0 radical (unpaired) electrons. The Bertz CT molecular complexity index is 543. The van der Waals surface area contributed by atoms with Gasteiger partial charge in [0, 0.05) is 0 Å². The normalized spacial score (nSPS) is 12.4. The lowest BCUT2D eigenvalue weighted by Gasteiger charge is -2.21. The molecule has 0 aliphatic rings. The second kappa shape index (κ2) is 5.67. The maximum Gasteiger partial charge on any atom is -0.0163 e. The monoisotopic (exact) mass is 256 g/mol. The van der Waals surface area contributed by atoms with Crippen molar-refractivity contribution in [1.29, 1.82) is 0 Å². The van der Waals surface area contributed by atoms with Gasteiger partial charge in [0.25, 0.3) is 0 Å². The summed E-state index contributed by atoms with van der Waals surface area (Å²) in [5, 5.41) is 3.07. The summed E-state index contributed by atoms with van der Waals surface area (Å²) in [5.41, 5.74) is 4.29. The molecule has 0 saturated heterocycles. The van der Waals surface area contributed by atoms with E-state index in [9.17, 15) is 0 Å². The molecule has 1 atom stereocenters. The molecule has 18 heavy (non-hydrogen) atoms. The Morgan fingerprint density at radius 1 is 0.778 bits per heavy atom. The predicted octanol–water partition coefficient (Wildman–Crippen LogP) is 4.06. The molecule has 0 amide bonds. The fourth-order valence-electron chi connectivity index (χ4n) is 2.36. The Hall–Kier alpha value is -1.13. The number of rotatable bonds is 3. The van der Waals surface area contributed by atoms with Crippen molar-refractivity contribution >= 4 is 18.5 Å². The highest BCUT2D eigenvalue weighted by Gasteiger charge is 2.15. The van der Waals surface area contributed by atoms with Crippen LogP contribution in [0.2, 0.25) is 0 Å². The molecule has 0 N–H and O–H groups in total. The minimum absolute atomic E-state index is 0.207. The van der Waals surface area contributed by atoms with E-state index in [1.807, 2.05) is 0 Å². The molecule has 1 heteroatoms. The molecule has 0 nitrogen and oxygen atoms in total. The third kappa shape index (κ3) is 2.49. The molecular formula is C17H21P. The number of hydrogen-bond acceptors (Lipinski definition) is 0. The molecule has 94 valence electrons. The third-order valence-electron chi connectivity index (χ3n) is 3.59. The minimum atomic E-state index is -0.207. The molecule has 1 unspecified atom stereocenters. The smallest absolute Gasteiger partial charge is 0.0163 e. The van der Waals surface area contributed by atoms with Crippen LogP contribution in [0, 0.1) is 20.8 Å². The molecule has 0 aliphatic heterocycles. The van der Waals surface area contributed by atoms with Crippen LogP contribution in [0.3, 0.4) is 0 Å². The van der Waals surface area contributed by atoms with Gasteiger partial charge in [0.15, 0.2) is 0 Å². The number of benzene rings is 2. The zero-order valence-corrected chi connectivity index (χ0v) is 12.6. The summed E-state index contributed by atoms with van der Waals surface area (Å²) in [6.07, 6.45) is 1.21. The predicted molar refractivity (Wildman–Crippen MR) is 83.8 cm³/mol. The lowest BCUT2D eigenvalue weighted by molar-refractivity contribution is 1.36. The average molecular weight is 256 g/mol. The quantitative estimate of drug-likeness (QED) is 0.726. The third-order valence-corrected chi connectivity index (χ3v) is 6.37. The van der Waals surface area contributed by atoms with Gasteiger partial charge in [-0.15, -0.1) is 0 Å². The van der Waals surface area contributed by atoms with Crippen molar-refractivity contribution < 1.29 is 0 Å². The highest BCUT2D eigenvalue weighted by Crippen LogP contribution is 2.35. The van der Waals surface area contributed by atoms with Gasteiger partial charge in [-0.1, -0.05) is 49.4 Å². The Kier molecular flexibility index (Phi) is 4.19. The molecule has 2 rings (SSSR count). The fraction of sp³-hybridized carbons (Fsp3) is 0.294. The Morgan fingerprint density at radius 3 is 2.06 bits per heavy atom.